The van der Waals surface area contributed by atoms with Gasteiger partial charge in [0.05, 0.1) is 12.5 Å². The first kappa shape index (κ1) is 14.1. The molecule has 1 aliphatic heterocycles. The maximum atomic E-state index is 6.10. The standard InChI is InChI=1S/C16H19N5O2/c1-22-10-5-2-6-11-12(10)13-14(23-11)15(20-16(18)19-13)21-7-3-4-9(17)8-21/h2,5-6,9H,3-4,7-8,17H2,1H3,(H2,18,19,20)/t9-/m0/s1. The topological polar surface area (TPSA) is 103 Å². The van der Waals surface area contributed by atoms with E-state index >= 15 is 0 Å². The summed E-state index contributed by atoms with van der Waals surface area (Å²) in [5.41, 5.74) is 14.1. The summed E-state index contributed by atoms with van der Waals surface area (Å²) >= 11 is 0. The number of methoxy groups -OCH3 is 1. The average Bonchev–Trinajstić information content (AvgIpc) is 2.92. The SMILES string of the molecule is COc1cccc2oc3c(N4CCC[C@H](N)C4)nc(N)nc3c12. The predicted molar refractivity (Wildman–Crippen MR) is 89.7 cm³/mol. The normalized spacial score (nSPS) is 18.7. The molecule has 4 rings (SSSR count). The Kier molecular flexibility index (Phi) is 3.23. The van der Waals surface area contributed by atoms with E-state index in [0.29, 0.717) is 28.3 Å². The van der Waals surface area contributed by atoms with Crippen LogP contribution in [0.2, 0.25) is 0 Å². The van der Waals surface area contributed by atoms with Crippen LogP contribution in [0.15, 0.2) is 22.6 Å². The molecule has 1 aliphatic rings. The van der Waals surface area contributed by atoms with Crippen LogP contribution >= 0.6 is 0 Å². The van der Waals surface area contributed by atoms with Crippen LogP contribution in [0.1, 0.15) is 12.8 Å². The van der Waals surface area contributed by atoms with E-state index in [-0.39, 0.29) is 12.0 Å². The molecule has 7 nitrogen and oxygen atoms in total. The summed E-state index contributed by atoms with van der Waals surface area (Å²) in [7, 11) is 1.63. The highest BCUT2D eigenvalue weighted by Crippen LogP contribution is 2.38. The Balaban J connectivity index is 1.98. The molecule has 0 bridgehead atoms. The Morgan fingerprint density at radius 3 is 3.00 bits per heavy atom. The molecule has 4 N–H and O–H groups in total. The monoisotopic (exact) mass is 313 g/mol. The number of aromatic nitrogens is 2. The zero-order valence-electron chi connectivity index (χ0n) is 13.0. The van der Waals surface area contributed by atoms with E-state index in [2.05, 4.69) is 14.9 Å². The molecule has 0 radical (unpaired) electrons. The highest BCUT2D eigenvalue weighted by Gasteiger charge is 2.24. The van der Waals surface area contributed by atoms with Crippen LogP contribution in [0.3, 0.4) is 0 Å². The molecule has 23 heavy (non-hydrogen) atoms. The number of furan rings is 1. The van der Waals surface area contributed by atoms with Crippen LogP contribution in [-0.4, -0.2) is 36.2 Å². The van der Waals surface area contributed by atoms with Gasteiger partial charge in [-0.25, -0.2) is 4.98 Å². The Labute approximate surface area is 133 Å². The van der Waals surface area contributed by atoms with Gasteiger partial charge >= 0.3 is 0 Å². The van der Waals surface area contributed by atoms with Crippen LogP contribution in [0, 0.1) is 0 Å². The second kappa shape index (κ2) is 5.27. The van der Waals surface area contributed by atoms with Crippen LogP contribution in [0.4, 0.5) is 11.8 Å². The molecule has 1 aromatic carbocycles. The lowest BCUT2D eigenvalue weighted by molar-refractivity contribution is 0.420. The van der Waals surface area contributed by atoms with Gasteiger partial charge in [-0.05, 0) is 25.0 Å². The smallest absolute Gasteiger partial charge is 0.222 e. The molecule has 1 saturated heterocycles. The number of ether oxygens (including phenoxy) is 1. The number of nitrogen functional groups attached to an aromatic ring is 1. The van der Waals surface area contributed by atoms with E-state index in [1.807, 2.05) is 18.2 Å². The van der Waals surface area contributed by atoms with Crippen molar-refractivity contribution in [3.63, 3.8) is 0 Å². The maximum Gasteiger partial charge on any atom is 0.222 e. The fourth-order valence-electron chi connectivity index (χ4n) is 3.25. The number of benzene rings is 1. The van der Waals surface area contributed by atoms with Crippen molar-refractivity contribution in [1.29, 1.82) is 0 Å². The summed E-state index contributed by atoms with van der Waals surface area (Å²) in [6.07, 6.45) is 2.05. The Morgan fingerprint density at radius 2 is 2.22 bits per heavy atom. The molecule has 2 aromatic heterocycles. The van der Waals surface area contributed by atoms with Crippen molar-refractivity contribution < 1.29 is 9.15 Å². The summed E-state index contributed by atoms with van der Waals surface area (Å²) < 4.78 is 11.5. The lowest BCUT2D eigenvalue weighted by Gasteiger charge is -2.31. The molecule has 1 atom stereocenters. The fourth-order valence-corrected chi connectivity index (χ4v) is 3.25. The van der Waals surface area contributed by atoms with Crippen molar-refractivity contribution >= 4 is 33.8 Å². The molecule has 0 spiro atoms. The number of nitrogens with two attached hydrogens (primary N) is 2. The quantitative estimate of drug-likeness (QED) is 0.744. The fraction of sp³-hybridized carbons (Fsp3) is 0.375. The van der Waals surface area contributed by atoms with Crippen molar-refractivity contribution in [3.8, 4) is 5.75 Å². The minimum Gasteiger partial charge on any atom is -0.496 e. The van der Waals surface area contributed by atoms with Crippen molar-refractivity contribution in [1.82, 2.24) is 9.97 Å². The molecule has 0 amide bonds. The minimum absolute atomic E-state index is 0.133. The van der Waals surface area contributed by atoms with E-state index in [1.54, 1.807) is 7.11 Å². The van der Waals surface area contributed by atoms with Crippen molar-refractivity contribution in [2.45, 2.75) is 18.9 Å². The molecule has 120 valence electrons. The number of rotatable bonds is 2. The number of hydrogen-bond donors (Lipinski definition) is 2. The first-order valence-corrected chi connectivity index (χ1v) is 7.70. The zero-order valence-corrected chi connectivity index (χ0v) is 13.0. The van der Waals surface area contributed by atoms with Crippen LogP contribution in [0.5, 0.6) is 5.75 Å². The Bertz CT molecular complexity index is 876. The predicted octanol–water partition coefficient (Wildman–Crippen LogP) is 1.89. The molecule has 3 aromatic rings. The third-order valence-electron chi connectivity index (χ3n) is 4.28. The molecule has 0 saturated carbocycles. The number of hydrogen-bond acceptors (Lipinski definition) is 7. The van der Waals surface area contributed by atoms with Gasteiger partial charge in [0.25, 0.3) is 0 Å². The molecule has 0 unspecified atom stereocenters. The average molecular weight is 313 g/mol. The lowest BCUT2D eigenvalue weighted by atomic mass is 10.1. The van der Waals surface area contributed by atoms with Crippen LogP contribution < -0.4 is 21.1 Å². The second-order valence-corrected chi connectivity index (χ2v) is 5.87. The Hall–Kier alpha value is -2.54. The highest BCUT2D eigenvalue weighted by molar-refractivity contribution is 6.09. The number of nitrogens with zero attached hydrogens (tertiary/aromatic N) is 3. The number of anilines is 2. The van der Waals surface area contributed by atoms with Gasteiger partial charge in [-0.1, -0.05) is 6.07 Å². The van der Waals surface area contributed by atoms with Gasteiger partial charge in [0.2, 0.25) is 5.95 Å². The first-order valence-electron chi connectivity index (χ1n) is 7.70. The van der Waals surface area contributed by atoms with Gasteiger partial charge in [0.15, 0.2) is 11.4 Å². The number of piperidine rings is 1. The van der Waals surface area contributed by atoms with Crippen LogP contribution in [0.25, 0.3) is 22.1 Å². The maximum absolute atomic E-state index is 6.10. The van der Waals surface area contributed by atoms with E-state index in [0.717, 1.165) is 31.3 Å². The third-order valence-corrected chi connectivity index (χ3v) is 4.28. The first-order chi connectivity index (χ1) is 11.2. The summed E-state index contributed by atoms with van der Waals surface area (Å²) in [6, 6.07) is 5.79. The van der Waals surface area contributed by atoms with Gasteiger partial charge < -0.3 is 25.5 Å². The Morgan fingerprint density at radius 1 is 1.35 bits per heavy atom. The van der Waals surface area contributed by atoms with Gasteiger partial charge in [-0.2, -0.15) is 4.98 Å². The van der Waals surface area contributed by atoms with E-state index in [9.17, 15) is 0 Å². The molecular formula is C16H19N5O2. The largest absolute Gasteiger partial charge is 0.496 e. The third kappa shape index (κ3) is 2.24. The zero-order chi connectivity index (χ0) is 16.0. The lowest BCUT2D eigenvalue weighted by Crippen LogP contribution is -2.43. The van der Waals surface area contributed by atoms with Crippen LogP contribution in [-0.2, 0) is 0 Å². The molecule has 0 aliphatic carbocycles. The summed E-state index contributed by atoms with van der Waals surface area (Å²) in [5, 5.41) is 0.821. The number of fused-ring (bicyclic) bond motifs is 3. The summed E-state index contributed by atoms with van der Waals surface area (Å²) in [6.45, 7) is 1.62. The van der Waals surface area contributed by atoms with Crippen molar-refractivity contribution in [2.75, 3.05) is 30.8 Å². The highest BCUT2D eigenvalue weighted by atomic mass is 16.5. The van der Waals surface area contributed by atoms with Gasteiger partial charge in [0.1, 0.15) is 16.8 Å². The molecule has 1 fully saturated rings. The van der Waals surface area contributed by atoms with Crippen molar-refractivity contribution in [3.05, 3.63) is 18.2 Å². The minimum atomic E-state index is 0.133. The summed E-state index contributed by atoms with van der Waals surface area (Å²) in [5.74, 6) is 1.64. The van der Waals surface area contributed by atoms with Gasteiger partial charge in [-0.15, -0.1) is 0 Å². The molecule has 3 heterocycles. The van der Waals surface area contributed by atoms with Gasteiger partial charge in [0, 0.05) is 19.1 Å². The molecule has 7 heteroatoms. The summed E-state index contributed by atoms with van der Waals surface area (Å²) in [4.78, 5) is 10.9. The molecular weight excluding hydrogens is 294 g/mol. The van der Waals surface area contributed by atoms with Gasteiger partial charge in [-0.3, -0.25) is 0 Å². The van der Waals surface area contributed by atoms with Crippen molar-refractivity contribution in [2.24, 2.45) is 5.73 Å². The van der Waals surface area contributed by atoms with E-state index in [4.69, 9.17) is 20.6 Å². The van der Waals surface area contributed by atoms with E-state index < -0.39 is 0 Å². The van der Waals surface area contributed by atoms with E-state index in [1.165, 1.54) is 0 Å². The second-order valence-electron chi connectivity index (χ2n) is 5.87.